The Morgan fingerprint density at radius 3 is 2.73 bits per heavy atom. The third-order valence-electron chi connectivity index (χ3n) is 2.86. The second-order valence-electron chi connectivity index (χ2n) is 3.81. The van der Waals surface area contributed by atoms with Gasteiger partial charge in [-0.3, -0.25) is 4.79 Å². The average Bonchev–Trinajstić information content (AvgIpc) is 2.65. The summed E-state index contributed by atoms with van der Waals surface area (Å²) < 4.78 is 0. The van der Waals surface area contributed by atoms with Gasteiger partial charge in [0.15, 0.2) is 0 Å². The van der Waals surface area contributed by atoms with Crippen LogP contribution in [0, 0.1) is 5.92 Å². The van der Waals surface area contributed by atoms with Crippen molar-refractivity contribution in [3.05, 3.63) is 5.01 Å². The molecule has 1 fully saturated rings. The van der Waals surface area contributed by atoms with Gasteiger partial charge in [-0.25, -0.2) is 0 Å². The monoisotopic (exact) mass is 227 g/mol. The van der Waals surface area contributed by atoms with Gasteiger partial charge in [-0.05, 0) is 12.8 Å². The second kappa shape index (κ2) is 4.14. The van der Waals surface area contributed by atoms with Crippen molar-refractivity contribution in [2.24, 2.45) is 5.92 Å². The SMILES string of the molecule is Nc1nnc([C@H]2CCCC[C@@H]2C(=O)O)s1. The number of aromatic nitrogens is 2. The lowest BCUT2D eigenvalue weighted by atomic mass is 9.80. The Kier molecular flexibility index (Phi) is 2.86. The quantitative estimate of drug-likeness (QED) is 0.798. The minimum absolute atomic E-state index is 0.00560. The van der Waals surface area contributed by atoms with E-state index in [4.69, 9.17) is 10.8 Å². The highest BCUT2D eigenvalue weighted by Crippen LogP contribution is 2.39. The predicted octanol–water partition coefficient (Wildman–Crippen LogP) is 1.48. The van der Waals surface area contributed by atoms with Gasteiger partial charge in [-0.1, -0.05) is 24.2 Å². The molecule has 15 heavy (non-hydrogen) atoms. The lowest BCUT2D eigenvalue weighted by Gasteiger charge is -2.26. The summed E-state index contributed by atoms with van der Waals surface area (Å²) >= 11 is 1.31. The third kappa shape index (κ3) is 2.09. The number of anilines is 1. The lowest BCUT2D eigenvalue weighted by molar-refractivity contribution is -0.143. The number of rotatable bonds is 2. The number of aliphatic carboxylic acids is 1. The summed E-state index contributed by atoms with van der Waals surface area (Å²) in [6, 6.07) is 0. The fourth-order valence-electron chi connectivity index (χ4n) is 2.12. The maximum absolute atomic E-state index is 11.1. The molecule has 0 saturated heterocycles. The Balaban J connectivity index is 2.21. The maximum atomic E-state index is 11.1. The summed E-state index contributed by atoms with van der Waals surface area (Å²) in [5.74, 6) is -1.04. The first kappa shape index (κ1) is 10.4. The molecule has 2 atom stereocenters. The Labute approximate surface area is 91.3 Å². The molecule has 0 aromatic carbocycles. The number of hydrogen-bond donors (Lipinski definition) is 2. The van der Waals surface area contributed by atoms with Crippen LogP contribution in [0.2, 0.25) is 0 Å². The highest BCUT2D eigenvalue weighted by atomic mass is 32.1. The number of carbonyl (C=O) groups is 1. The summed E-state index contributed by atoms with van der Waals surface area (Å²) in [7, 11) is 0. The highest BCUT2D eigenvalue weighted by Gasteiger charge is 2.34. The number of nitrogens with two attached hydrogens (primary N) is 1. The largest absolute Gasteiger partial charge is 0.481 e. The van der Waals surface area contributed by atoms with Gasteiger partial charge in [0, 0.05) is 5.92 Å². The Morgan fingerprint density at radius 1 is 1.40 bits per heavy atom. The molecule has 1 saturated carbocycles. The van der Waals surface area contributed by atoms with Crippen LogP contribution in [-0.2, 0) is 4.79 Å². The molecule has 3 N–H and O–H groups in total. The van der Waals surface area contributed by atoms with E-state index >= 15 is 0 Å². The van der Waals surface area contributed by atoms with Crippen molar-refractivity contribution >= 4 is 22.4 Å². The molecule has 0 unspecified atom stereocenters. The van der Waals surface area contributed by atoms with Gasteiger partial charge in [-0.15, -0.1) is 10.2 Å². The van der Waals surface area contributed by atoms with Crippen molar-refractivity contribution in [1.29, 1.82) is 0 Å². The van der Waals surface area contributed by atoms with E-state index < -0.39 is 5.97 Å². The molecule has 0 spiro atoms. The molecular formula is C9H13N3O2S. The van der Waals surface area contributed by atoms with Gasteiger partial charge in [0.25, 0.3) is 0 Å². The summed E-state index contributed by atoms with van der Waals surface area (Å²) in [5, 5.41) is 18.0. The predicted molar refractivity (Wildman–Crippen MR) is 56.7 cm³/mol. The molecule has 0 radical (unpaired) electrons. The topological polar surface area (TPSA) is 89.1 Å². The zero-order valence-electron chi connectivity index (χ0n) is 8.22. The van der Waals surface area contributed by atoms with Crippen molar-refractivity contribution in [1.82, 2.24) is 10.2 Å². The van der Waals surface area contributed by atoms with Gasteiger partial charge in [-0.2, -0.15) is 0 Å². The molecule has 0 amide bonds. The number of carboxylic acids is 1. The molecule has 0 bridgehead atoms. The molecule has 2 rings (SSSR count). The van der Waals surface area contributed by atoms with Crippen molar-refractivity contribution in [2.75, 3.05) is 5.73 Å². The van der Waals surface area contributed by atoms with Crippen LogP contribution in [0.5, 0.6) is 0 Å². The van der Waals surface area contributed by atoms with E-state index in [9.17, 15) is 4.79 Å². The van der Waals surface area contributed by atoms with E-state index in [1.54, 1.807) is 0 Å². The third-order valence-corrected chi connectivity index (χ3v) is 3.74. The van der Waals surface area contributed by atoms with E-state index in [2.05, 4.69) is 10.2 Å². The molecule has 0 aliphatic heterocycles. The molecule has 82 valence electrons. The Morgan fingerprint density at radius 2 is 2.13 bits per heavy atom. The zero-order chi connectivity index (χ0) is 10.8. The van der Waals surface area contributed by atoms with E-state index in [1.165, 1.54) is 11.3 Å². The standard InChI is InChI=1S/C9H13N3O2S/c10-9-12-11-7(15-9)5-3-1-2-4-6(5)8(13)14/h5-6H,1-4H2,(H2,10,12)(H,13,14)/t5-,6-/m0/s1. The highest BCUT2D eigenvalue weighted by molar-refractivity contribution is 7.15. The fraction of sp³-hybridized carbons (Fsp3) is 0.667. The van der Waals surface area contributed by atoms with E-state index in [0.717, 1.165) is 30.7 Å². The molecule has 1 heterocycles. The molecular weight excluding hydrogens is 214 g/mol. The van der Waals surface area contributed by atoms with Gasteiger partial charge in [0.1, 0.15) is 5.01 Å². The first-order chi connectivity index (χ1) is 7.18. The number of carboxylic acid groups (broad SMARTS) is 1. The van der Waals surface area contributed by atoms with Gasteiger partial charge < -0.3 is 10.8 Å². The van der Waals surface area contributed by atoms with Crippen LogP contribution in [0.15, 0.2) is 0 Å². The van der Waals surface area contributed by atoms with Gasteiger partial charge in [0.05, 0.1) is 5.92 Å². The van der Waals surface area contributed by atoms with E-state index in [1.807, 2.05) is 0 Å². The van der Waals surface area contributed by atoms with Gasteiger partial charge >= 0.3 is 5.97 Å². The molecule has 1 aliphatic rings. The molecule has 1 aromatic heterocycles. The smallest absolute Gasteiger partial charge is 0.307 e. The summed E-state index contributed by atoms with van der Waals surface area (Å²) in [5.41, 5.74) is 5.50. The van der Waals surface area contributed by atoms with E-state index in [-0.39, 0.29) is 11.8 Å². The maximum Gasteiger partial charge on any atom is 0.307 e. The van der Waals surface area contributed by atoms with Crippen molar-refractivity contribution < 1.29 is 9.90 Å². The summed E-state index contributed by atoms with van der Waals surface area (Å²) in [6.45, 7) is 0. The van der Waals surface area contributed by atoms with Crippen LogP contribution in [0.25, 0.3) is 0 Å². The fourth-order valence-corrected chi connectivity index (χ4v) is 2.93. The Hall–Kier alpha value is -1.17. The minimum Gasteiger partial charge on any atom is -0.481 e. The van der Waals surface area contributed by atoms with Crippen LogP contribution in [0.3, 0.4) is 0 Å². The normalized spacial score (nSPS) is 26.4. The van der Waals surface area contributed by atoms with Crippen molar-refractivity contribution in [2.45, 2.75) is 31.6 Å². The van der Waals surface area contributed by atoms with E-state index in [0.29, 0.717) is 5.13 Å². The second-order valence-corrected chi connectivity index (χ2v) is 4.85. The zero-order valence-corrected chi connectivity index (χ0v) is 9.04. The van der Waals surface area contributed by atoms with Crippen LogP contribution < -0.4 is 5.73 Å². The Bertz CT molecular complexity index is 366. The number of nitrogen functional groups attached to an aromatic ring is 1. The van der Waals surface area contributed by atoms with Crippen molar-refractivity contribution in [3.8, 4) is 0 Å². The summed E-state index contributed by atoms with van der Waals surface area (Å²) in [4.78, 5) is 11.1. The molecule has 1 aliphatic carbocycles. The molecule has 1 aromatic rings. The number of nitrogens with zero attached hydrogens (tertiary/aromatic N) is 2. The van der Waals surface area contributed by atoms with Crippen LogP contribution in [0.4, 0.5) is 5.13 Å². The lowest BCUT2D eigenvalue weighted by Crippen LogP contribution is -2.25. The first-order valence-electron chi connectivity index (χ1n) is 5.00. The van der Waals surface area contributed by atoms with Crippen LogP contribution >= 0.6 is 11.3 Å². The molecule has 6 heteroatoms. The number of hydrogen-bond acceptors (Lipinski definition) is 5. The van der Waals surface area contributed by atoms with Gasteiger partial charge in [0.2, 0.25) is 5.13 Å². The summed E-state index contributed by atoms with van der Waals surface area (Å²) in [6.07, 6.45) is 3.67. The van der Waals surface area contributed by atoms with Crippen LogP contribution in [-0.4, -0.2) is 21.3 Å². The first-order valence-corrected chi connectivity index (χ1v) is 5.82. The average molecular weight is 227 g/mol. The van der Waals surface area contributed by atoms with Crippen LogP contribution in [0.1, 0.15) is 36.6 Å². The van der Waals surface area contributed by atoms with Crippen molar-refractivity contribution in [3.63, 3.8) is 0 Å². The molecule has 5 nitrogen and oxygen atoms in total. The minimum atomic E-state index is -0.728.